The molecule has 2 unspecified atom stereocenters. The second-order valence-corrected chi connectivity index (χ2v) is 7.95. The average Bonchev–Trinajstić information content (AvgIpc) is 2.97. The third-order valence-corrected chi connectivity index (χ3v) is 6.47. The molecule has 118 valence electrons. The normalized spacial score (nSPS) is 31.4. The molecule has 20 heavy (non-hydrogen) atoms. The third kappa shape index (κ3) is 4.76. The Bertz CT molecular complexity index is 256. The van der Waals surface area contributed by atoms with E-state index < -0.39 is 0 Å². The van der Waals surface area contributed by atoms with Crippen LogP contribution in [-0.2, 0) is 0 Å². The first-order chi connectivity index (χ1) is 9.70. The van der Waals surface area contributed by atoms with E-state index in [2.05, 4.69) is 13.8 Å². The summed E-state index contributed by atoms with van der Waals surface area (Å²) in [7, 11) is 0. The number of rotatable bonds is 7. The van der Waals surface area contributed by atoms with Gasteiger partial charge in [-0.2, -0.15) is 0 Å². The molecule has 2 saturated carbocycles. The summed E-state index contributed by atoms with van der Waals surface area (Å²) in [6.45, 7) is 5.84. The van der Waals surface area contributed by atoms with E-state index in [9.17, 15) is 0 Å². The average molecular weight is 280 g/mol. The lowest BCUT2D eigenvalue weighted by atomic mass is 9.69. The summed E-state index contributed by atoms with van der Waals surface area (Å²) in [6.07, 6.45) is 16.2. The van der Waals surface area contributed by atoms with Crippen molar-refractivity contribution < 1.29 is 0 Å². The molecule has 2 fully saturated rings. The summed E-state index contributed by atoms with van der Waals surface area (Å²) in [5.41, 5.74) is 5.67. The molecular formula is C19H37N. The highest BCUT2D eigenvalue weighted by Gasteiger charge is 2.30. The van der Waals surface area contributed by atoms with Gasteiger partial charge in [0, 0.05) is 0 Å². The molecule has 0 aromatic heterocycles. The maximum Gasteiger partial charge on any atom is -0.00772 e. The molecule has 0 spiro atoms. The van der Waals surface area contributed by atoms with Gasteiger partial charge in [0.05, 0.1) is 0 Å². The van der Waals surface area contributed by atoms with Crippen LogP contribution in [0.25, 0.3) is 0 Å². The van der Waals surface area contributed by atoms with Crippen LogP contribution >= 0.6 is 0 Å². The summed E-state index contributed by atoms with van der Waals surface area (Å²) in [5.74, 6) is 4.93. The van der Waals surface area contributed by atoms with Gasteiger partial charge in [0.2, 0.25) is 0 Å². The van der Waals surface area contributed by atoms with Crippen molar-refractivity contribution in [2.24, 2.45) is 35.3 Å². The minimum Gasteiger partial charge on any atom is -0.330 e. The molecule has 2 aliphatic rings. The van der Waals surface area contributed by atoms with Gasteiger partial charge in [-0.05, 0) is 61.8 Å². The summed E-state index contributed by atoms with van der Waals surface area (Å²) in [6, 6.07) is 0. The van der Waals surface area contributed by atoms with Crippen molar-refractivity contribution in [3.8, 4) is 0 Å². The zero-order chi connectivity index (χ0) is 14.4. The summed E-state index contributed by atoms with van der Waals surface area (Å²) >= 11 is 0. The van der Waals surface area contributed by atoms with E-state index in [4.69, 9.17) is 5.73 Å². The minimum absolute atomic E-state index is 0.867. The van der Waals surface area contributed by atoms with Gasteiger partial charge < -0.3 is 5.73 Å². The van der Waals surface area contributed by atoms with Crippen molar-refractivity contribution in [2.75, 3.05) is 6.54 Å². The molecule has 0 aliphatic heterocycles. The van der Waals surface area contributed by atoms with Crippen LogP contribution < -0.4 is 5.73 Å². The Morgan fingerprint density at radius 2 is 1.65 bits per heavy atom. The van der Waals surface area contributed by atoms with Gasteiger partial charge >= 0.3 is 0 Å². The number of nitrogens with two attached hydrogens (primary N) is 1. The lowest BCUT2D eigenvalue weighted by Gasteiger charge is -2.36. The van der Waals surface area contributed by atoms with Gasteiger partial charge in [-0.1, -0.05) is 58.8 Å². The third-order valence-electron chi connectivity index (χ3n) is 6.47. The van der Waals surface area contributed by atoms with Crippen LogP contribution in [0.4, 0.5) is 0 Å². The van der Waals surface area contributed by atoms with Crippen LogP contribution in [-0.4, -0.2) is 6.54 Å². The smallest absolute Gasteiger partial charge is 0.00772 e. The fraction of sp³-hybridized carbons (Fsp3) is 1.00. The highest BCUT2D eigenvalue weighted by Crippen LogP contribution is 2.42. The van der Waals surface area contributed by atoms with Crippen molar-refractivity contribution >= 4 is 0 Å². The largest absolute Gasteiger partial charge is 0.330 e. The number of hydrogen-bond donors (Lipinski definition) is 1. The van der Waals surface area contributed by atoms with Gasteiger partial charge in [-0.15, -0.1) is 0 Å². The zero-order valence-corrected chi connectivity index (χ0v) is 13.9. The van der Waals surface area contributed by atoms with Gasteiger partial charge in [-0.3, -0.25) is 0 Å². The fourth-order valence-corrected chi connectivity index (χ4v) is 4.91. The fourth-order valence-electron chi connectivity index (χ4n) is 4.91. The van der Waals surface area contributed by atoms with Crippen molar-refractivity contribution in [3.05, 3.63) is 0 Å². The maximum absolute atomic E-state index is 5.67. The van der Waals surface area contributed by atoms with E-state index >= 15 is 0 Å². The van der Waals surface area contributed by atoms with Gasteiger partial charge in [-0.25, -0.2) is 0 Å². The Kier molecular flexibility index (Phi) is 6.87. The predicted octanol–water partition coefficient (Wildman–Crippen LogP) is 5.38. The monoisotopic (exact) mass is 279 g/mol. The van der Waals surface area contributed by atoms with Crippen molar-refractivity contribution in [1.82, 2.24) is 0 Å². The predicted molar refractivity (Wildman–Crippen MR) is 88.6 cm³/mol. The minimum atomic E-state index is 0.867. The molecule has 0 aromatic carbocycles. The quantitative estimate of drug-likeness (QED) is 0.665. The molecule has 2 N–H and O–H groups in total. The Balaban J connectivity index is 1.76. The van der Waals surface area contributed by atoms with E-state index in [1.807, 2.05) is 0 Å². The van der Waals surface area contributed by atoms with Crippen LogP contribution in [0.15, 0.2) is 0 Å². The van der Waals surface area contributed by atoms with E-state index in [1.54, 1.807) is 6.42 Å². The van der Waals surface area contributed by atoms with E-state index in [1.165, 1.54) is 64.2 Å². The molecule has 4 atom stereocenters. The molecule has 2 aliphatic carbocycles. The molecule has 0 bridgehead atoms. The molecule has 0 amide bonds. The standard InChI is InChI=1S/C19H37N/c1-15(7-6-12-20)16(2)19-11-5-10-18(14-19)13-17-8-3-4-9-17/h15-19H,3-14,20H2,1-2H3/t15?,16-,18?,19-/m0/s1. The highest BCUT2D eigenvalue weighted by molar-refractivity contribution is 4.81. The van der Waals surface area contributed by atoms with Gasteiger partial charge in [0.15, 0.2) is 0 Å². The van der Waals surface area contributed by atoms with Crippen molar-refractivity contribution in [3.63, 3.8) is 0 Å². The first-order valence-electron chi connectivity index (χ1n) is 9.40. The molecule has 0 radical (unpaired) electrons. The van der Waals surface area contributed by atoms with E-state index in [-0.39, 0.29) is 0 Å². The van der Waals surface area contributed by atoms with Gasteiger partial charge in [0.25, 0.3) is 0 Å². The lowest BCUT2D eigenvalue weighted by Crippen LogP contribution is -2.26. The zero-order valence-electron chi connectivity index (χ0n) is 13.9. The SMILES string of the molecule is CC(CCCN)[C@H](C)[C@H]1CCCC(CC2CCCC2)C1. The van der Waals surface area contributed by atoms with Crippen LogP contribution in [0.2, 0.25) is 0 Å². The Hall–Kier alpha value is -0.0400. The molecule has 2 rings (SSSR count). The highest BCUT2D eigenvalue weighted by atomic mass is 14.5. The topological polar surface area (TPSA) is 26.0 Å². The van der Waals surface area contributed by atoms with Crippen LogP contribution in [0.1, 0.15) is 84.5 Å². The lowest BCUT2D eigenvalue weighted by molar-refractivity contribution is 0.145. The molecule has 0 aromatic rings. The maximum atomic E-state index is 5.67. The summed E-state index contributed by atoms with van der Waals surface area (Å²) < 4.78 is 0. The van der Waals surface area contributed by atoms with E-state index in [0.29, 0.717) is 0 Å². The van der Waals surface area contributed by atoms with Crippen molar-refractivity contribution in [1.29, 1.82) is 0 Å². The summed E-state index contributed by atoms with van der Waals surface area (Å²) in [5, 5.41) is 0. The molecule has 1 heteroatoms. The van der Waals surface area contributed by atoms with Crippen LogP contribution in [0, 0.1) is 29.6 Å². The number of hydrogen-bond acceptors (Lipinski definition) is 1. The second-order valence-electron chi connectivity index (χ2n) is 7.95. The summed E-state index contributed by atoms with van der Waals surface area (Å²) in [4.78, 5) is 0. The first kappa shape index (κ1) is 16.3. The Morgan fingerprint density at radius 3 is 2.35 bits per heavy atom. The molecule has 0 saturated heterocycles. The Labute approximate surface area is 127 Å². The molecule has 0 heterocycles. The van der Waals surface area contributed by atoms with Crippen LogP contribution in [0.3, 0.4) is 0 Å². The molecular weight excluding hydrogens is 242 g/mol. The Morgan fingerprint density at radius 1 is 0.950 bits per heavy atom. The van der Waals surface area contributed by atoms with Crippen molar-refractivity contribution in [2.45, 2.75) is 84.5 Å². The second kappa shape index (κ2) is 8.41. The van der Waals surface area contributed by atoms with Gasteiger partial charge in [0.1, 0.15) is 0 Å². The van der Waals surface area contributed by atoms with Crippen LogP contribution in [0.5, 0.6) is 0 Å². The van der Waals surface area contributed by atoms with E-state index in [0.717, 1.165) is 36.1 Å². The first-order valence-corrected chi connectivity index (χ1v) is 9.40. The molecule has 1 nitrogen and oxygen atoms in total.